The molecule has 2 aromatic carbocycles. The lowest BCUT2D eigenvalue weighted by Crippen LogP contribution is -2.14. The predicted molar refractivity (Wildman–Crippen MR) is 86.3 cm³/mol. The summed E-state index contributed by atoms with van der Waals surface area (Å²) in [7, 11) is 0. The van der Waals surface area contributed by atoms with Crippen LogP contribution in [-0.4, -0.2) is 10.9 Å². The number of nitrogens with one attached hydrogen (secondary N) is 1. The van der Waals surface area contributed by atoms with Gasteiger partial charge in [-0.2, -0.15) is 0 Å². The largest absolute Gasteiger partial charge is 0.375 e. The Hall–Kier alpha value is -2.73. The molecule has 0 unspecified atom stereocenters. The Kier molecular flexibility index (Phi) is 3.84. The Balaban J connectivity index is 1.93. The SMILES string of the molecule is Nc1nc(-c2ccccc2NC(=O)c2ccccc2F)cs1. The number of hydrogen-bond acceptors (Lipinski definition) is 4. The number of thiazole rings is 1. The summed E-state index contributed by atoms with van der Waals surface area (Å²) in [5.41, 5.74) is 7.61. The summed E-state index contributed by atoms with van der Waals surface area (Å²) in [6, 6.07) is 13.0. The number of nitrogen functional groups attached to an aromatic ring is 1. The van der Waals surface area contributed by atoms with Crippen LogP contribution in [0.25, 0.3) is 11.3 Å². The highest BCUT2D eigenvalue weighted by molar-refractivity contribution is 7.13. The molecule has 3 aromatic rings. The summed E-state index contributed by atoms with van der Waals surface area (Å²) < 4.78 is 13.7. The van der Waals surface area contributed by atoms with E-state index in [9.17, 15) is 9.18 Å². The first kappa shape index (κ1) is 14.2. The van der Waals surface area contributed by atoms with Gasteiger partial charge in [0.15, 0.2) is 5.13 Å². The van der Waals surface area contributed by atoms with E-state index < -0.39 is 11.7 Å². The van der Waals surface area contributed by atoms with Crippen LogP contribution in [0.5, 0.6) is 0 Å². The maximum atomic E-state index is 13.7. The zero-order valence-corrected chi connectivity index (χ0v) is 12.2. The van der Waals surface area contributed by atoms with Crippen molar-refractivity contribution in [1.29, 1.82) is 0 Å². The molecular weight excluding hydrogens is 301 g/mol. The van der Waals surface area contributed by atoms with Gasteiger partial charge in [-0.25, -0.2) is 9.37 Å². The number of amides is 1. The highest BCUT2D eigenvalue weighted by Crippen LogP contribution is 2.30. The molecule has 0 radical (unpaired) electrons. The minimum absolute atomic E-state index is 0.00454. The molecule has 0 bridgehead atoms. The zero-order valence-electron chi connectivity index (χ0n) is 11.4. The van der Waals surface area contributed by atoms with Crippen LogP contribution in [0.2, 0.25) is 0 Å². The maximum Gasteiger partial charge on any atom is 0.258 e. The Morgan fingerprint density at radius 1 is 1.14 bits per heavy atom. The van der Waals surface area contributed by atoms with Crippen molar-refractivity contribution in [3.05, 3.63) is 65.3 Å². The normalized spacial score (nSPS) is 10.4. The van der Waals surface area contributed by atoms with Gasteiger partial charge in [-0.15, -0.1) is 11.3 Å². The standard InChI is InChI=1S/C16H12FN3OS/c17-12-7-3-1-5-10(12)15(21)19-13-8-4-2-6-11(13)14-9-22-16(18)20-14/h1-9H,(H2,18,20)(H,19,21). The molecule has 1 aromatic heterocycles. The van der Waals surface area contributed by atoms with Crippen molar-refractivity contribution in [3.8, 4) is 11.3 Å². The van der Waals surface area contributed by atoms with Crippen LogP contribution < -0.4 is 11.1 Å². The van der Waals surface area contributed by atoms with E-state index in [2.05, 4.69) is 10.3 Å². The van der Waals surface area contributed by atoms with Crippen LogP contribution in [0.1, 0.15) is 10.4 Å². The van der Waals surface area contributed by atoms with Crippen LogP contribution in [0, 0.1) is 5.82 Å². The lowest BCUT2D eigenvalue weighted by atomic mass is 10.1. The van der Waals surface area contributed by atoms with Gasteiger partial charge in [0.2, 0.25) is 0 Å². The first-order valence-corrected chi connectivity index (χ1v) is 7.39. The summed E-state index contributed by atoms with van der Waals surface area (Å²) in [6.45, 7) is 0. The second-order valence-corrected chi connectivity index (χ2v) is 5.44. The van der Waals surface area contributed by atoms with Crippen LogP contribution in [0.4, 0.5) is 15.2 Å². The minimum Gasteiger partial charge on any atom is -0.375 e. The topological polar surface area (TPSA) is 68.0 Å². The van der Waals surface area contributed by atoms with Gasteiger partial charge in [0.1, 0.15) is 5.82 Å². The van der Waals surface area contributed by atoms with Crippen LogP contribution in [0.15, 0.2) is 53.9 Å². The number of anilines is 2. The third kappa shape index (κ3) is 2.82. The highest BCUT2D eigenvalue weighted by atomic mass is 32.1. The van der Waals surface area contributed by atoms with Crippen molar-refractivity contribution in [1.82, 2.24) is 4.98 Å². The van der Waals surface area contributed by atoms with Gasteiger partial charge >= 0.3 is 0 Å². The van der Waals surface area contributed by atoms with Crippen LogP contribution in [0.3, 0.4) is 0 Å². The Morgan fingerprint density at radius 3 is 2.59 bits per heavy atom. The van der Waals surface area contributed by atoms with E-state index in [0.29, 0.717) is 16.5 Å². The highest BCUT2D eigenvalue weighted by Gasteiger charge is 2.14. The average Bonchev–Trinajstić information content (AvgIpc) is 2.94. The second kappa shape index (κ2) is 5.95. The fourth-order valence-electron chi connectivity index (χ4n) is 2.06. The van der Waals surface area contributed by atoms with Gasteiger partial charge < -0.3 is 11.1 Å². The smallest absolute Gasteiger partial charge is 0.258 e. The zero-order chi connectivity index (χ0) is 15.5. The molecule has 0 saturated carbocycles. The van der Waals surface area contributed by atoms with Crippen molar-refractivity contribution in [2.24, 2.45) is 0 Å². The maximum absolute atomic E-state index is 13.7. The number of rotatable bonds is 3. The average molecular weight is 313 g/mol. The molecule has 1 amide bonds. The van der Waals surface area contributed by atoms with Gasteiger partial charge in [0.05, 0.1) is 16.9 Å². The fourth-order valence-corrected chi connectivity index (χ4v) is 2.62. The molecule has 22 heavy (non-hydrogen) atoms. The van der Waals surface area contributed by atoms with Crippen molar-refractivity contribution in [2.75, 3.05) is 11.1 Å². The van der Waals surface area contributed by atoms with E-state index in [1.807, 2.05) is 17.5 Å². The quantitative estimate of drug-likeness (QED) is 0.773. The summed E-state index contributed by atoms with van der Waals surface area (Å²) in [6.07, 6.45) is 0. The van der Waals surface area contributed by atoms with Crippen molar-refractivity contribution < 1.29 is 9.18 Å². The van der Waals surface area contributed by atoms with Crippen LogP contribution >= 0.6 is 11.3 Å². The van der Waals surface area contributed by atoms with Crippen molar-refractivity contribution in [3.63, 3.8) is 0 Å². The molecule has 0 fully saturated rings. The Morgan fingerprint density at radius 2 is 1.86 bits per heavy atom. The molecular formula is C16H12FN3OS. The van der Waals surface area contributed by atoms with Crippen molar-refractivity contribution >= 4 is 28.1 Å². The minimum atomic E-state index is -0.560. The number of aromatic nitrogens is 1. The molecule has 0 aliphatic rings. The van der Waals surface area contributed by atoms with Gasteiger partial charge in [0, 0.05) is 10.9 Å². The first-order valence-electron chi connectivity index (χ1n) is 6.51. The monoisotopic (exact) mass is 313 g/mol. The molecule has 0 spiro atoms. The van der Waals surface area contributed by atoms with Gasteiger partial charge in [-0.1, -0.05) is 30.3 Å². The number of nitrogens with two attached hydrogens (primary N) is 1. The van der Waals surface area contributed by atoms with E-state index >= 15 is 0 Å². The second-order valence-electron chi connectivity index (χ2n) is 4.55. The number of halogens is 1. The molecule has 1 heterocycles. The molecule has 6 heteroatoms. The predicted octanol–water partition coefficient (Wildman–Crippen LogP) is 3.78. The summed E-state index contributed by atoms with van der Waals surface area (Å²) in [5.74, 6) is -1.07. The van der Waals surface area contributed by atoms with E-state index in [-0.39, 0.29) is 5.56 Å². The number of para-hydroxylation sites is 1. The molecule has 0 atom stereocenters. The van der Waals surface area contributed by atoms with Gasteiger partial charge in [-0.05, 0) is 18.2 Å². The lowest BCUT2D eigenvalue weighted by Gasteiger charge is -2.10. The van der Waals surface area contributed by atoms with Gasteiger partial charge in [0.25, 0.3) is 5.91 Å². The van der Waals surface area contributed by atoms with E-state index in [4.69, 9.17) is 5.73 Å². The molecule has 0 saturated heterocycles. The van der Waals surface area contributed by atoms with E-state index in [1.165, 1.54) is 29.5 Å². The molecule has 3 N–H and O–H groups in total. The summed E-state index contributed by atoms with van der Waals surface area (Å²) in [5, 5.41) is 4.98. The summed E-state index contributed by atoms with van der Waals surface area (Å²) in [4.78, 5) is 16.4. The van der Waals surface area contributed by atoms with Crippen molar-refractivity contribution in [2.45, 2.75) is 0 Å². The van der Waals surface area contributed by atoms with E-state index in [0.717, 1.165) is 5.56 Å². The first-order chi connectivity index (χ1) is 10.6. The molecule has 0 aliphatic carbocycles. The Labute approximate surface area is 130 Å². The third-order valence-electron chi connectivity index (χ3n) is 3.09. The molecule has 110 valence electrons. The molecule has 3 rings (SSSR count). The summed E-state index contributed by atoms with van der Waals surface area (Å²) >= 11 is 1.32. The van der Waals surface area contributed by atoms with Crippen LogP contribution in [-0.2, 0) is 0 Å². The number of nitrogens with zero attached hydrogens (tertiary/aromatic N) is 1. The number of carbonyl (C=O) groups is 1. The third-order valence-corrected chi connectivity index (χ3v) is 3.77. The van der Waals surface area contributed by atoms with Gasteiger partial charge in [-0.3, -0.25) is 4.79 Å². The Bertz CT molecular complexity index is 832. The fraction of sp³-hybridized carbons (Fsp3) is 0. The molecule has 0 aliphatic heterocycles. The number of benzene rings is 2. The molecule has 4 nitrogen and oxygen atoms in total. The number of carbonyl (C=O) groups excluding carboxylic acids is 1. The number of hydrogen-bond donors (Lipinski definition) is 2. The van der Waals surface area contributed by atoms with E-state index in [1.54, 1.807) is 18.2 Å². The lowest BCUT2D eigenvalue weighted by molar-refractivity contribution is 0.102.